The van der Waals surface area contributed by atoms with E-state index >= 15 is 0 Å². The van der Waals surface area contributed by atoms with Crippen molar-refractivity contribution in [3.05, 3.63) is 64.7 Å². The molecule has 2 atom stereocenters. The first-order valence-electron chi connectivity index (χ1n) is 12.1. The first-order chi connectivity index (χ1) is 16.3. The van der Waals surface area contributed by atoms with Crippen molar-refractivity contribution >= 4 is 19.2 Å². The fraction of sp³-hybridized carbons (Fsp3) is 0.538. The summed E-state index contributed by atoms with van der Waals surface area (Å²) in [6, 6.07) is 15.1. The summed E-state index contributed by atoms with van der Waals surface area (Å²) in [7, 11) is -3.29. The Morgan fingerprint density at radius 3 is 2.12 bits per heavy atom. The smallest absolute Gasteiger partial charge is 0.367 e. The predicted molar refractivity (Wildman–Crippen MR) is 139 cm³/mol. The monoisotopic (exact) mass is 511 g/mol. The molecule has 0 aromatic heterocycles. The lowest BCUT2D eigenvalue weighted by atomic mass is 10.1. The Hall–Kier alpha value is -1.40. The summed E-state index contributed by atoms with van der Waals surface area (Å²) >= 11 is 5.91. The summed E-state index contributed by atoms with van der Waals surface area (Å²) in [5.74, 6) is 0.626. The highest BCUT2D eigenvalue weighted by atomic mass is 35.5. The molecule has 0 radical (unpaired) electrons. The minimum absolute atomic E-state index is 0.0969. The van der Waals surface area contributed by atoms with Crippen molar-refractivity contribution in [2.45, 2.75) is 65.0 Å². The number of ether oxygens (including phenoxy) is 1. The molecule has 6 nitrogen and oxygen atoms in total. The maximum Gasteiger partial charge on any atom is 0.367 e. The van der Waals surface area contributed by atoms with E-state index < -0.39 is 13.7 Å². The lowest BCUT2D eigenvalue weighted by Gasteiger charge is -2.19. The summed E-state index contributed by atoms with van der Waals surface area (Å²) in [5.41, 5.74) is 1.97. The first-order valence-corrected chi connectivity index (χ1v) is 14.2. The standard InChI is InChI=1S/C26H39ClNO5P/c1-4-6-16-32-34(30,33-17-7-5-2)20-31-25-14-8-22(9-15-25)18-21(3)28-19-26(29)23-10-12-24(27)13-11-23/h8-15,21,26,28-29H,4-7,16-20H2,1-3H3. The largest absolute Gasteiger partial charge is 0.481 e. The molecule has 34 heavy (non-hydrogen) atoms. The first kappa shape index (κ1) is 28.8. The van der Waals surface area contributed by atoms with Crippen molar-refractivity contribution in [3.8, 4) is 5.75 Å². The zero-order chi connectivity index (χ0) is 24.8. The van der Waals surface area contributed by atoms with Crippen LogP contribution in [-0.2, 0) is 20.0 Å². The molecule has 0 bridgehead atoms. The number of halogens is 1. The molecule has 0 saturated heterocycles. The SMILES string of the molecule is CCCCOP(=O)(COc1ccc(CC(C)NCC(O)c2ccc(Cl)cc2)cc1)OCCCC. The quantitative estimate of drug-likeness (QED) is 0.180. The Bertz CT molecular complexity index is 848. The van der Waals surface area contributed by atoms with Crippen molar-refractivity contribution in [2.75, 3.05) is 26.1 Å². The van der Waals surface area contributed by atoms with E-state index in [1.807, 2.05) is 36.4 Å². The summed E-state index contributed by atoms with van der Waals surface area (Å²) in [5, 5.41) is 14.4. The van der Waals surface area contributed by atoms with Crippen LogP contribution in [0.5, 0.6) is 5.75 Å². The topological polar surface area (TPSA) is 77.0 Å². The third-order valence-electron chi connectivity index (χ3n) is 5.34. The number of unbranched alkanes of at least 4 members (excludes halogenated alkanes) is 2. The fourth-order valence-corrected chi connectivity index (χ4v) is 4.70. The highest BCUT2D eigenvalue weighted by Gasteiger charge is 2.25. The molecular weight excluding hydrogens is 473 g/mol. The number of hydrogen-bond acceptors (Lipinski definition) is 6. The minimum Gasteiger partial charge on any atom is -0.481 e. The maximum absolute atomic E-state index is 13.0. The van der Waals surface area contributed by atoms with Gasteiger partial charge in [-0.25, -0.2) is 0 Å². The van der Waals surface area contributed by atoms with Gasteiger partial charge in [-0.2, -0.15) is 0 Å². The average molecular weight is 512 g/mol. The summed E-state index contributed by atoms with van der Waals surface area (Å²) in [6.07, 6.45) is 3.70. The van der Waals surface area contributed by atoms with E-state index in [4.69, 9.17) is 25.4 Å². The van der Waals surface area contributed by atoms with E-state index in [0.29, 0.717) is 30.5 Å². The third-order valence-corrected chi connectivity index (χ3v) is 7.19. The second kappa shape index (κ2) is 15.6. The van der Waals surface area contributed by atoms with Crippen LogP contribution in [0.25, 0.3) is 0 Å². The van der Waals surface area contributed by atoms with Gasteiger partial charge in [0.1, 0.15) is 5.75 Å². The maximum atomic E-state index is 13.0. The van der Waals surface area contributed by atoms with E-state index in [9.17, 15) is 9.67 Å². The Kier molecular flexibility index (Phi) is 13.2. The van der Waals surface area contributed by atoms with Crippen LogP contribution in [0.1, 0.15) is 63.7 Å². The molecule has 190 valence electrons. The van der Waals surface area contributed by atoms with Crippen LogP contribution in [0.15, 0.2) is 48.5 Å². The number of aliphatic hydroxyl groups is 1. The lowest BCUT2D eigenvalue weighted by Crippen LogP contribution is -2.32. The molecule has 8 heteroatoms. The van der Waals surface area contributed by atoms with Crippen LogP contribution in [0.3, 0.4) is 0 Å². The van der Waals surface area contributed by atoms with Gasteiger partial charge in [-0.05, 0) is 61.6 Å². The molecule has 0 aliphatic rings. The Morgan fingerprint density at radius 1 is 0.971 bits per heavy atom. The van der Waals surface area contributed by atoms with Gasteiger partial charge in [-0.3, -0.25) is 4.57 Å². The lowest BCUT2D eigenvalue weighted by molar-refractivity contribution is 0.170. The second-order valence-corrected chi connectivity index (χ2v) is 10.9. The Labute approximate surface area is 209 Å². The molecule has 0 amide bonds. The minimum atomic E-state index is -3.29. The van der Waals surface area contributed by atoms with Crippen molar-refractivity contribution in [3.63, 3.8) is 0 Å². The molecule has 2 rings (SSSR count). The number of aliphatic hydroxyl groups excluding tert-OH is 1. The molecule has 0 heterocycles. The molecule has 0 saturated carbocycles. The van der Waals surface area contributed by atoms with Gasteiger partial charge in [0.25, 0.3) is 0 Å². The fourth-order valence-electron chi connectivity index (χ4n) is 3.22. The van der Waals surface area contributed by atoms with E-state index in [-0.39, 0.29) is 12.4 Å². The summed E-state index contributed by atoms with van der Waals surface area (Å²) in [4.78, 5) is 0. The molecule has 0 spiro atoms. The van der Waals surface area contributed by atoms with Gasteiger partial charge in [0.05, 0.1) is 19.3 Å². The second-order valence-electron chi connectivity index (χ2n) is 8.48. The van der Waals surface area contributed by atoms with Crippen LogP contribution in [0.4, 0.5) is 0 Å². The van der Waals surface area contributed by atoms with Crippen molar-refractivity contribution in [1.29, 1.82) is 0 Å². The highest BCUT2D eigenvalue weighted by molar-refractivity contribution is 7.53. The molecule has 2 N–H and O–H groups in total. The van der Waals surface area contributed by atoms with E-state index in [0.717, 1.165) is 43.2 Å². The van der Waals surface area contributed by atoms with Crippen LogP contribution in [0, 0.1) is 0 Å². The molecule has 2 unspecified atom stereocenters. The number of rotatable bonds is 17. The molecule has 2 aromatic carbocycles. The van der Waals surface area contributed by atoms with Gasteiger partial charge in [-0.15, -0.1) is 0 Å². The van der Waals surface area contributed by atoms with Gasteiger partial charge in [-0.1, -0.05) is 62.6 Å². The molecular formula is C26H39ClNO5P. The van der Waals surface area contributed by atoms with Gasteiger partial charge in [0.2, 0.25) is 0 Å². The van der Waals surface area contributed by atoms with Gasteiger partial charge in [0, 0.05) is 17.6 Å². The summed E-state index contributed by atoms with van der Waals surface area (Å²) < 4.78 is 29.9. The third kappa shape index (κ3) is 10.9. The van der Waals surface area contributed by atoms with Crippen molar-refractivity contribution in [2.24, 2.45) is 0 Å². The number of nitrogens with one attached hydrogen (secondary N) is 1. The zero-order valence-electron chi connectivity index (χ0n) is 20.5. The molecule has 0 aliphatic heterocycles. The van der Waals surface area contributed by atoms with Gasteiger partial charge >= 0.3 is 7.60 Å². The van der Waals surface area contributed by atoms with E-state index in [1.165, 1.54) is 0 Å². The highest BCUT2D eigenvalue weighted by Crippen LogP contribution is 2.48. The van der Waals surface area contributed by atoms with Gasteiger partial charge in [0.15, 0.2) is 6.35 Å². The molecule has 0 aliphatic carbocycles. The number of hydrogen-bond donors (Lipinski definition) is 2. The number of benzene rings is 2. The van der Waals surface area contributed by atoms with E-state index in [2.05, 4.69) is 26.1 Å². The van der Waals surface area contributed by atoms with Crippen LogP contribution in [0.2, 0.25) is 5.02 Å². The Morgan fingerprint density at radius 2 is 1.56 bits per heavy atom. The Balaban J connectivity index is 1.81. The zero-order valence-corrected chi connectivity index (χ0v) is 22.2. The molecule has 0 fully saturated rings. The molecule has 2 aromatic rings. The predicted octanol–water partition coefficient (Wildman–Crippen LogP) is 6.76. The summed E-state index contributed by atoms with van der Waals surface area (Å²) in [6.45, 7) is 7.45. The van der Waals surface area contributed by atoms with Crippen LogP contribution in [-0.4, -0.2) is 37.3 Å². The van der Waals surface area contributed by atoms with Crippen molar-refractivity contribution < 1.29 is 23.5 Å². The van der Waals surface area contributed by atoms with E-state index in [1.54, 1.807) is 12.1 Å². The van der Waals surface area contributed by atoms with Crippen LogP contribution < -0.4 is 10.1 Å². The van der Waals surface area contributed by atoms with Gasteiger partial charge < -0.3 is 24.2 Å². The average Bonchev–Trinajstić information content (AvgIpc) is 2.83. The normalized spacial score (nSPS) is 13.6. The van der Waals surface area contributed by atoms with Crippen LogP contribution >= 0.6 is 19.2 Å². The van der Waals surface area contributed by atoms with Crippen molar-refractivity contribution in [1.82, 2.24) is 5.32 Å².